The highest BCUT2D eigenvalue weighted by Crippen LogP contribution is 2.34. The fraction of sp³-hybridized carbons (Fsp3) is 0.294. The lowest BCUT2D eigenvalue weighted by molar-refractivity contribution is 0.459. The van der Waals surface area contributed by atoms with Crippen LogP contribution in [0.2, 0.25) is 0 Å². The first kappa shape index (κ1) is 16.0. The second kappa shape index (κ2) is 6.58. The Morgan fingerprint density at radius 3 is 2.48 bits per heavy atom. The van der Waals surface area contributed by atoms with Gasteiger partial charge < -0.3 is 10.1 Å². The van der Waals surface area contributed by atoms with E-state index in [2.05, 4.69) is 21.2 Å². The van der Waals surface area contributed by atoms with Crippen LogP contribution in [0.3, 0.4) is 0 Å². The van der Waals surface area contributed by atoms with Crippen LogP contribution in [0.5, 0.6) is 11.5 Å². The number of hydrogen-bond acceptors (Lipinski definition) is 2. The maximum Gasteiger partial charge on any atom is 0.132 e. The van der Waals surface area contributed by atoms with Crippen molar-refractivity contribution in [2.24, 2.45) is 0 Å². The van der Waals surface area contributed by atoms with Crippen molar-refractivity contribution in [1.82, 2.24) is 5.32 Å². The van der Waals surface area contributed by atoms with E-state index in [1.807, 2.05) is 39.1 Å². The van der Waals surface area contributed by atoms with E-state index in [0.717, 1.165) is 21.3 Å². The Bertz CT molecular complexity index is 657. The monoisotopic (exact) mass is 351 g/mol. The molecule has 4 heteroatoms. The van der Waals surface area contributed by atoms with Gasteiger partial charge in [0.2, 0.25) is 0 Å². The summed E-state index contributed by atoms with van der Waals surface area (Å²) in [6.45, 7) is 5.70. The van der Waals surface area contributed by atoms with E-state index < -0.39 is 0 Å². The minimum absolute atomic E-state index is 0.00237. The number of ether oxygens (including phenoxy) is 1. The van der Waals surface area contributed by atoms with E-state index in [1.54, 1.807) is 19.1 Å². The molecule has 2 aromatic carbocycles. The molecule has 0 saturated heterocycles. The van der Waals surface area contributed by atoms with Gasteiger partial charge in [-0.2, -0.15) is 0 Å². The highest BCUT2D eigenvalue weighted by molar-refractivity contribution is 9.10. The van der Waals surface area contributed by atoms with Crippen LogP contribution in [-0.2, 0) is 0 Å². The van der Waals surface area contributed by atoms with Gasteiger partial charge in [-0.15, -0.1) is 0 Å². The SMILES string of the molecule is CNC(C)c1cc(F)c(C)cc1Oc1cc(Br)ccc1C. The molecule has 1 unspecified atom stereocenters. The molecule has 0 bridgehead atoms. The summed E-state index contributed by atoms with van der Waals surface area (Å²) in [4.78, 5) is 0. The zero-order valence-corrected chi connectivity index (χ0v) is 14.2. The molecule has 2 nitrogen and oxygen atoms in total. The maximum absolute atomic E-state index is 13.8. The van der Waals surface area contributed by atoms with Crippen molar-refractivity contribution in [3.8, 4) is 11.5 Å². The van der Waals surface area contributed by atoms with Gasteiger partial charge in [0.25, 0.3) is 0 Å². The number of rotatable bonds is 4. The molecule has 112 valence electrons. The molecule has 0 amide bonds. The molecule has 2 aromatic rings. The summed E-state index contributed by atoms with van der Waals surface area (Å²) in [6.07, 6.45) is 0. The van der Waals surface area contributed by atoms with E-state index in [9.17, 15) is 4.39 Å². The quantitative estimate of drug-likeness (QED) is 0.809. The van der Waals surface area contributed by atoms with E-state index in [4.69, 9.17) is 4.74 Å². The average molecular weight is 352 g/mol. The molecule has 21 heavy (non-hydrogen) atoms. The molecular weight excluding hydrogens is 333 g/mol. The number of halogens is 2. The van der Waals surface area contributed by atoms with Gasteiger partial charge in [0, 0.05) is 16.1 Å². The van der Waals surface area contributed by atoms with Crippen molar-refractivity contribution < 1.29 is 9.13 Å². The number of aryl methyl sites for hydroxylation is 2. The predicted octanol–water partition coefficient (Wildman–Crippen LogP) is 5.28. The standard InChI is InChI=1S/C17H19BrFNO/c1-10-5-6-13(18)8-16(10)21-17-7-11(2)15(19)9-14(17)12(3)20-4/h5-9,12,20H,1-4H3. The molecule has 0 radical (unpaired) electrons. The zero-order chi connectivity index (χ0) is 15.6. The van der Waals surface area contributed by atoms with E-state index in [-0.39, 0.29) is 11.9 Å². The van der Waals surface area contributed by atoms with Crippen LogP contribution in [0.25, 0.3) is 0 Å². The van der Waals surface area contributed by atoms with E-state index in [0.29, 0.717) is 11.3 Å². The molecule has 0 aromatic heterocycles. The van der Waals surface area contributed by atoms with Gasteiger partial charge in [0.1, 0.15) is 17.3 Å². The normalized spacial score (nSPS) is 12.3. The Morgan fingerprint density at radius 1 is 1.10 bits per heavy atom. The van der Waals surface area contributed by atoms with Gasteiger partial charge in [-0.1, -0.05) is 22.0 Å². The van der Waals surface area contributed by atoms with Gasteiger partial charge in [0.05, 0.1) is 0 Å². The minimum Gasteiger partial charge on any atom is -0.457 e. The Kier molecular flexibility index (Phi) is 5.01. The molecule has 0 saturated carbocycles. The number of benzene rings is 2. The Hall–Kier alpha value is -1.39. The summed E-state index contributed by atoms with van der Waals surface area (Å²) < 4.78 is 20.8. The summed E-state index contributed by atoms with van der Waals surface area (Å²) in [5.41, 5.74) is 2.41. The van der Waals surface area contributed by atoms with Crippen molar-refractivity contribution >= 4 is 15.9 Å². The summed E-state index contributed by atoms with van der Waals surface area (Å²) in [5, 5.41) is 3.12. The minimum atomic E-state index is -0.217. The van der Waals surface area contributed by atoms with Gasteiger partial charge in [-0.3, -0.25) is 0 Å². The zero-order valence-electron chi connectivity index (χ0n) is 12.6. The highest BCUT2D eigenvalue weighted by atomic mass is 79.9. The van der Waals surface area contributed by atoms with Crippen LogP contribution in [0.4, 0.5) is 4.39 Å². The molecule has 1 atom stereocenters. The first-order valence-electron chi connectivity index (χ1n) is 6.83. The number of hydrogen-bond donors (Lipinski definition) is 1. The second-order valence-corrected chi connectivity index (χ2v) is 6.08. The summed E-state index contributed by atoms with van der Waals surface area (Å²) in [7, 11) is 1.84. The van der Waals surface area contributed by atoms with Gasteiger partial charge in [0.15, 0.2) is 0 Å². The van der Waals surface area contributed by atoms with Gasteiger partial charge in [-0.25, -0.2) is 4.39 Å². The number of nitrogens with one attached hydrogen (secondary N) is 1. The first-order chi connectivity index (χ1) is 9.92. The van der Waals surface area contributed by atoms with Crippen LogP contribution >= 0.6 is 15.9 Å². The van der Waals surface area contributed by atoms with Crippen LogP contribution < -0.4 is 10.1 Å². The Balaban J connectivity index is 2.47. The lowest BCUT2D eigenvalue weighted by Crippen LogP contribution is -2.14. The first-order valence-corrected chi connectivity index (χ1v) is 7.63. The molecule has 0 aliphatic rings. The van der Waals surface area contributed by atoms with Crippen molar-refractivity contribution in [2.75, 3.05) is 7.05 Å². The predicted molar refractivity (Wildman–Crippen MR) is 87.6 cm³/mol. The highest BCUT2D eigenvalue weighted by Gasteiger charge is 2.15. The molecule has 0 heterocycles. The summed E-state index contributed by atoms with van der Waals surface area (Å²) >= 11 is 3.44. The smallest absolute Gasteiger partial charge is 0.132 e. The van der Waals surface area contributed by atoms with Crippen molar-refractivity contribution in [1.29, 1.82) is 0 Å². The summed E-state index contributed by atoms with van der Waals surface area (Å²) in [5.74, 6) is 1.22. The van der Waals surface area contributed by atoms with Crippen LogP contribution in [0.1, 0.15) is 29.7 Å². The lowest BCUT2D eigenvalue weighted by Gasteiger charge is -2.18. The third-order valence-corrected chi connectivity index (χ3v) is 4.05. The third-order valence-electron chi connectivity index (χ3n) is 3.56. The van der Waals surface area contributed by atoms with Crippen molar-refractivity contribution in [3.63, 3.8) is 0 Å². The Morgan fingerprint density at radius 2 is 1.81 bits per heavy atom. The molecule has 1 N–H and O–H groups in total. The van der Waals surface area contributed by atoms with Crippen molar-refractivity contribution in [3.05, 3.63) is 57.3 Å². The maximum atomic E-state index is 13.8. The largest absolute Gasteiger partial charge is 0.457 e. The molecule has 0 fully saturated rings. The summed E-state index contributed by atoms with van der Waals surface area (Å²) in [6, 6.07) is 9.16. The molecule has 0 aliphatic carbocycles. The van der Waals surface area contributed by atoms with Gasteiger partial charge >= 0.3 is 0 Å². The van der Waals surface area contributed by atoms with Crippen LogP contribution in [0.15, 0.2) is 34.8 Å². The molecule has 0 aliphatic heterocycles. The third kappa shape index (κ3) is 3.63. The van der Waals surface area contributed by atoms with E-state index >= 15 is 0 Å². The lowest BCUT2D eigenvalue weighted by atomic mass is 10.0. The van der Waals surface area contributed by atoms with Crippen LogP contribution in [0, 0.1) is 19.7 Å². The Labute approximate surface area is 133 Å². The van der Waals surface area contributed by atoms with E-state index in [1.165, 1.54) is 0 Å². The molecule has 0 spiro atoms. The van der Waals surface area contributed by atoms with Crippen LogP contribution in [-0.4, -0.2) is 7.05 Å². The topological polar surface area (TPSA) is 21.3 Å². The average Bonchev–Trinajstić information content (AvgIpc) is 2.45. The fourth-order valence-corrected chi connectivity index (χ4v) is 2.40. The molecule has 2 rings (SSSR count). The molecular formula is C17H19BrFNO. The fourth-order valence-electron chi connectivity index (χ4n) is 2.06. The second-order valence-electron chi connectivity index (χ2n) is 5.16. The van der Waals surface area contributed by atoms with Gasteiger partial charge in [-0.05, 0) is 63.2 Å². The van der Waals surface area contributed by atoms with Crippen molar-refractivity contribution in [2.45, 2.75) is 26.8 Å².